The van der Waals surface area contributed by atoms with Gasteiger partial charge in [0.05, 0.1) is 5.75 Å². The van der Waals surface area contributed by atoms with Gasteiger partial charge in [-0.05, 0) is 32.1 Å². The van der Waals surface area contributed by atoms with E-state index in [0.717, 1.165) is 25.7 Å². The third-order valence-corrected chi connectivity index (χ3v) is 6.46. The van der Waals surface area contributed by atoms with Crippen molar-refractivity contribution >= 4 is 27.3 Å². The number of nitrogens with zero attached hydrogens (tertiary/aromatic N) is 1. The van der Waals surface area contributed by atoms with E-state index >= 15 is 0 Å². The average molecular weight is 294 g/mol. The Morgan fingerprint density at radius 1 is 1.17 bits per heavy atom. The van der Waals surface area contributed by atoms with Gasteiger partial charge in [-0.2, -0.15) is 0 Å². The summed E-state index contributed by atoms with van der Waals surface area (Å²) in [6.07, 6.45) is 4.90. The summed E-state index contributed by atoms with van der Waals surface area (Å²) in [5.41, 5.74) is 0. The minimum Gasteiger partial charge on any atom is -0.337 e. The SMILES string of the molecule is O=C(C1CCCCS1(=O)=O)N1CCCCC1CCl. The van der Waals surface area contributed by atoms with Crippen LogP contribution in [-0.2, 0) is 14.6 Å². The number of hydrogen-bond acceptors (Lipinski definition) is 3. The van der Waals surface area contributed by atoms with E-state index in [9.17, 15) is 13.2 Å². The molecule has 6 heteroatoms. The first-order chi connectivity index (χ1) is 8.56. The van der Waals surface area contributed by atoms with Crippen LogP contribution in [0.3, 0.4) is 0 Å². The van der Waals surface area contributed by atoms with Crippen LogP contribution in [0.4, 0.5) is 0 Å². The number of likely N-dealkylation sites (tertiary alicyclic amines) is 1. The Kier molecular flexibility index (Phi) is 4.54. The second kappa shape index (κ2) is 5.78. The Hall–Kier alpha value is -0.290. The minimum absolute atomic E-state index is 0.0186. The van der Waals surface area contributed by atoms with E-state index in [-0.39, 0.29) is 17.7 Å². The fourth-order valence-corrected chi connectivity index (χ4v) is 5.05. The van der Waals surface area contributed by atoms with Gasteiger partial charge in [0.2, 0.25) is 5.91 Å². The number of amides is 1. The monoisotopic (exact) mass is 293 g/mol. The minimum atomic E-state index is -3.24. The maximum Gasteiger partial charge on any atom is 0.241 e. The summed E-state index contributed by atoms with van der Waals surface area (Å²) >= 11 is 5.89. The Bertz CT molecular complexity index is 410. The summed E-state index contributed by atoms with van der Waals surface area (Å²) in [6, 6.07) is 0.0186. The zero-order valence-electron chi connectivity index (χ0n) is 10.5. The van der Waals surface area contributed by atoms with Gasteiger partial charge in [-0.25, -0.2) is 8.42 Å². The Morgan fingerprint density at radius 3 is 2.56 bits per heavy atom. The van der Waals surface area contributed by atoms with E-state index in [1.165, 1.54) is 0 Å². The predicted octanol–water partition coefficient (Wildman–Crippen LogP) is 1.57. The number of halogens is 1. The highest BCUT2D eigenvalue weighted by molar-refractivity contribution is 7.92. The summed E-state index contributed by atoms with van der Waals surface area (Å²) in [5, 5.41) is -0.810. The van der Waals surface area contributed by atoms with Gasteiger partial charge in [-0.1, -0.05) is 6.42 Å². The molecule has 2 fully saturated rings. The molecule has 2 aliphatic heterocycles. The highest BCUT2D eigenvalue weighted by Gasteiger charge is 2.39. The Morgan fingerprint density at radius 2 is 1.89 bits per heavy atom. The van der Waals surface area contributed by atoms with Crippen molar-refractivity contribution < 1.29 is 13.2 Å². The van der Waals surface area contributed by atoms with Crippen molar-refractivity contribution in [2.45, 2.75) is 49.8 Å². The summed E-state index contributed by atoms with van der Waals surface area (Å²) in [6.45, 7) is 0.655. The molecule has 4 nitrogen and oxygen atoms in total. The molecule has 0 saturated carbocycles. The van der Waals surface area contributed by atoms with Crippen LogP contribution in [0.25, 0.3) is 0 Å². The molecule has 104 valence electrons. The Labute approximate surface area is 114 Å². The molecule has 0 bridgehead atoms. The van der Waals surface area contributed by atoms with Crippen molar-refractivity contribution in [1.29, 1.82) is 0 Å². The second-order valence-corrected chi connectivity index (χ2v) is 7.80. The van der Waals surface area contributed by atoms with Crippen molar-refractivity contribution in [1.82, 2.24) is 4.90 Å². The molecule has 18 heavy (non-hydrogen) atoms. The summed E-state index contributed by atoms with van der Waals surface area (Å²) in [5.74, 6) is 0.349. The number of carbonyl (C=O) groups is 1. The van der Waals surface area contributed by atoms with Gasteiger partial charge in [0, 0.05) is 18.5 Å². The third-order valence-electron chi connectivity index (χ3n) is 3.94. The molecule has 2 aliphatic rings. The molecule has 0 spiro atoms. The van der Waals surface area contributed by atoms with Crippen LogP contribution < -0.4 is 0 Å². The molecule has 0 radical (unpaired) electrons. The Balaban J connectivity index is 2.14. The number of carbonyl (C=O) groups excluding carboxylic acids is 1. The van der Waals surface area contributed by atoms with Gasteiger partial charge >= 0.3 is 0 Å². The first-order valence-corrected chi connectivity index (χ1v) is 8.89. The number of sulfone groups is 1. The summed E-state index contributed by atoms with van der Waals surface area (Å²) < 4.78 is 24.0. The van der Waals surface area contributed by atoms with E-state index in [4.69, 9.17) is 11.6 Å². The molecular weight excluding hydrogens is 274 g/mol. The lowest BCUT2D eigenvalue weighted by molar-refractivity contribution is -0.134. The van der Waals surface area contributed by atoms with E-state index in [0.29, 0.717) is 25.3 Å². The van der Waals surface area contributed by atoms with Gasteiger partial charge in [-0.3, -0.25) is 4.79 Å². The van der Waals surface area contributed by atoms with Crippen molar-refractivity contribution in [3.05, 3.63) is 0 Å². The molecular formula is C12H20ClNO3S. The lowest BCUT2D eigenvalue weighted by Crippen LogP contribution is -2.52. The molecule has 2 rings (SSSR count). The maximum absolute atomic E-state index is 12.4. The van der Waals surface area contributed by atoms with Crippen LogP contribution in [0.5, 0.6) is 0 Å². The molecule has 0 aromatic rings. The topological polar surface area (TPSA) is 54.5 Å². The van der Waals surface area contributed by atoms with Gasteiger partial charge in [0.25, 0.3) is 0 Å². The standard InChI is InChI=1S/C12H20ClNO3S/c13-9-10-5-1-3-7-14(10)12(15)11-6-2-4-8-18(11,16)17/h10-11H,1-9H2. The first-order valence-electron chi connectivity index (χ1n) is 6.64. The van der Waals surface area contributed by atoms with Gasteiger partial charge in [-0.15, -0.1) is 11.6 Å². The smallest absolute Gasteiger partial charge is 0.241 e. The van der Waals surface area contributed by atoms with Crippen LogP contribution in [0.15, 0.2) is 0 Å². The molecule has 2 saturated heterocycles. The molecule has 2 heterocycles. The molecule has 1 amide bonds. The molecule has 0 aromatic carbocycles. The van der Waals surface area contributed by atoms with Crippen LogP contribution >= 0.6 is 11.6 Å². The van der Waals surface area contributed by atoms with Crippen molar-refractivity contribution in [3.8, 4) is 0 Å². The van der Waals surface area contributed by atoms with Crippen molar-refractivity contribution in [2.24, 2.45) is 0 Å². The summed E-state index contributed by atoms with van der Waals surface area (Å²) in [7, 11) is -3.24. The van der Waals surface area contributed by atoms with Crippen LogP contribution in [0, 0.1) is 0 Å². The van der Waals surface area contributed by atoms with Crippen molar-refractivity contribution in [3.63, 3.8) is 0 Å². The van der Waals surface area contributed by atoms with E-state index < -0.39 is 15.1 Å². The highest BCUT2D eigenvalue weighted by atomic mass is 35.5. The number of hydrogen-bond donors (Lipinski definition) is 0. The number of rotatable bonds is 2. The number of alkyl halides is 1. The normalized spacial score (nSPS) is 32.2. The number of piperidine rings is 1. The zero-order chi connectivity index (χ0) is 13.2. The van der Waals surface area contributed by atoms with Crippen LogP contribution in [0.1, 0.15) is 38.5 Å². The summed E-state index contributed by atoms with van der Waals surface area (Å²) in [4.78, 5) is 14.1. The van der Waals surface area contributed by atoms with E-state index in [1.54, 1.807) is 4.90 Å². The predicted molar refractivity (Wildman–Crippen MR) is 71.5 cm³/mol. The van der Waals surface area contributed by atoms with Crippen molar-refractivity contribution in [2.75, 3.05) is 18.2 Å². The fourth-order valence-electron chi connectivity index (χ4n) is 2.87. The third kappa shape index (κ3) is 2.82. The van der Waals surface area contributed by atoms with Gasteiger partial charge in [0.15, 0.2) is 9.84 Å². The highest BCUT2D eigenvalue weighted by Crippen LogP contribution is 2.25. The van der Waals surface area contributed by atoms with E-state index in [1.807, 2.05) is 0 Å². The molecule has 0 aromatic heterocycles. The second-order valence-electron chi connectivity index (χ2n) is 5.19. The quantitative estimate of drug-likeness (QED) is 0.726. The molecule has 0 aliphatic carbocycles. The van der Waals surface area contributed by atoms with Crippen LogP contribution in [0.2, 0.25) is 0 Å². The van der Waals surface area contributed by atoms with Gasteiger partial charge < -0.3 is 4.90 Å². The zero-order valence-corrected chi connectivity index (χ0v) is 12.0. The maximum atomic E-state index is 12.4. The lowest BCUT2D eigenvalue weighted by Gasteiger charge is -2.37. The van der Waals surface area contributed by atoms with Crippen LogP contribution in [-0.4, -0.2) is 48.7 Å². The first kappa shape index (κ1) is 14.1. The molecule has 2 atom stereocenters. The molecule has 0 N–H and O–H groups in total. The fraction of sp³-hybridized carbons (Fsp3) is 0.917. The molecule has 2 unspecified atom stereocenters. The lowest BCUT2D eigenvalue weighted by atomic mass is 10.0. The van der Waals surface area contributed by atoms with E-state index in [2.05, 4.69) is 0 Å². The largest absolute Gasteiger partial charge is 0.337 e. The van der Waals surface area contributed by atoms with Gasteiger partial charge in [0.1, 0.15) is 5.25 Å². The average Bonchev–Trinajstić information content (AvgIpc) is 2.37.